The SMILES string of the molecule is CCC(C)(C)CN1CCSCC1. The zero-order chi connectivity index (χ0) is 9.03. The first kappa shape index (κ1) is 10.4. The second-order valence-corrected chi connectivity index (χ2v) is 5.63. The van der Waals surface area contributed by atoms with Gasteiger partial charge in [-0.15, -0.1) is 0 Å². The second-order valence-electron chi connectivity index (χ2n) is 4.41. The normalized spacial score (nSPS) is 21.2. The van der Waals surface area contributed by atoms with Gasteiger partial charge in [-0.05, 0) is 11.8 Å². The fourth-order valence-corrected chi connectivity index (χ4v) is 2.46. The molecule has 0 aromatic carbocycles. The van der Waals surface area contributed by atoms with Gasteiger partial charge in [0, 0.05) is 31.1 Å². The molecule has 0 amide bonds. The highest BCUT2D eigenvalue weighted by Gasteiger charge is 2.20. The van der Waals surface area contributed by atoms with Crippen molar-refractivity contribution in [3.63, 3.8) is 0 Å². The van der Waals surface area contributed by atoms with Crippen LogP contribution >= 0.6 is 11.8 Å². The number of rotatable bonds is 3. The molecule has 0 saturated carbocycles. The summed E-state index contributed by atoms with van der Waals surface area (Å²) in [5.74, 6) is 2.67. The Balaban J connectivity index is 2.28. The van der Waals surface area contributed by atoms with Gasteiger partial charge in [-0.1, -0.05) is 20.8 Å². The lowest BCUT2D eigenvalue weighted by Crippen LogP contribution is -2.39. The summed E-state index contributed by atoms with van der Waals surface area (Å²) in [6, 6.07) is 0. The summed E-state index contributed by atoms with van der Waals surface area (Å²) in [6.07, 6.45) is 1.29. The van der Waals surface area contributed by atoms with E-state index in [0.717, 1.165) is 0 Å². The Labute approximate surface area is 80.9 Å². The molecule has 1 saturated heterocycles. The van der Waals surface area contributed by atoms with Gasteiger partial charge in [-0.2, -0.15) is 11.8 Å². The fraction of sp³-hybridized carbons (Fsp3) is 1.00. The summed E-state index contributed by atoms with van der Waals surface area (Å²) >= 11 is 2.09. The van der Waals surface area contributed by atoms with Crippen molar-refractivity contribution < 1.29 is 0 Å². The standard InChI is InChI=1S/C10H21NS/c1-4-10(2,3)9-11-5-7-12-8-6-11/h4-9H2,1-3H3. The molecule has 1 aliphatic heterocycles. The quantitative estimate of drug-likeness (QED) is 0.668. The van der Waals surface area contributed by atoms with Crippen LogP contribution in [0.2, 0.25) is 0 Å². The Kier molecular flexibility index (Phi) is 3.91. The smallest absolute Gasteiger partial charge is 0.00729 e. The first-order valence-electron chi connectivity index (χ1n) is 4.94. The van der Waals surface area contributed by atoms with E-state index >= 15 is 0 Å². The third-order valence-electron chi connectivity index (χ3n) is 2.71. The van der Waals surface area contributed by atoms with Crippen LogP contribution in [0.1, 0.15) is 27.2 Å². The molecule has 0 spiro atoms. The van der Waals surface area contributed by atoms with Crippen LogP contribution in [0.5, 0.6) is 0 Å². The van der Waals surface area contributed by atoms with Gasteiger partial charge in [0.15, 0.2) is 0 Å². The van der Waals surface area contributed by atoms with Crippen LogP contribution in [0.4, 0.5) is 0 Å². The fourth-order valence-electron chi connectivity index (χ4n) is 1.48. The van der Waals surface area contributed by atoms with E-state index in [2.05, 4.69) is 37.4 Å². The van der Waals surface area contributed by atoms with Crippen LogP contribution in [0.3, 0.4) is 0 Å². The summed E-state index contributed by atoms with van der Waals surface area (Å²) in [6.45, 7) is 10.9. The summed E-state index contributed by atoms with van der Waals surface area (Å²) in [7, 11) is 0. The molecule has 0 bridgehead atoms. The van der Waals surface area contributed by atoms with Crippen molar-refractivity contribution >= 4 is 11.8 Å². The van der Waals surface area contributed by atoms with Gasteiger partial charge in [0.25, 0.3) is 0 Å². The molecule has 0 aromatic heterocycles. The lowest BCUT2D eigenvalue weighted by Gasteiger charge is -2.34. The summed E-state index contributed by atoms with van der Waals surface area (Å²) < 4.78 is 0. The number of nitrogens with zero attached hydrogens (tertiary/aromatic N) is 1. The first-order chi connectivity index (χ1) is 5.64. The molecule has 0 aromatic rings. The third-order valence-corrected chi connectivity index (χ3v) is 3.65. The molecular formula is C10H21NS. The lowest BCUT2D eigenvalue weighted by atomic mass is 9.90. The van der Waals surface area contributed by atoms with Crippen LogP contribution in [0, 0.1) is 5.41 Å². The minimum absolute atomic E-state index is 0.516. The van der Waals surface area contributed by atoms with Crippen LogP contribution in [-0.4, -0.2) is 36.0 Å². The van der Waals surface area contributed by atoms with Crippen molar-refractivity contribution in [2.75, 3.05) is 31.1 Å². The number of thioether (sulfide) groups is 1. The van der Waals surface area contributed by atoms with Gasteiger partial charge >= 0.3 is 0 Å². The van der Waals surface area contributed by atoms with Gasteiger partial charge in [-0.3, -0.25) is 0 Å². The Morgan fingerprint density at radius 2 is 1.83 bits per heavy atom. The zero-order valence-corrected chi connectivity index (χ0v) is 9.41. The molecule has 0 atom stereocenters. The minimum atomic E-state index is 0.516. The van der Waals surface area contributed by atoms with Crippen LogP contribution in [0.15, 0.2) is 0 Å². The topological polar surface area (TPSA) is 3.24 Å². The maximum absolute atomic E-state index is 2.61. The molecule has 72 valence electrons. The van der Waals surface area contributed by atoms with Crippen LogP contribution in [0.25, 0.3) is 0 Å². The van der Waals surface area contributed by atoms with E-state index in [9.17, 15) is 0 Å². The Hall–Kier alpha value is 0.310. The molecule has 1 fully saturated rings. The average molecular weight is 187 g/mol. The molecule has 1 rings (SSSR count). The molecule has 0 radical (unpaired) electrons. The van der Waals surface area contributed by atoms with E-state index in [1.165, 1.54) is 37.6 Å². The van der Waals surface area contributed by atoms with Crippen molar-refractivity contribution in [2.24, 2.45) is 5.41 Å². The van der Waals surface area contributed by atoms with Gasteiger partial charge in [-0.25, -0.2) is 0 Å². The van der Waals surface area contributed by atoms with E-state index in [1.54, 1.807) is 0 Å². The maximum Gasteiger partial charge on any atom is 0.00729 e. The molecule has 0 N–H and O–H groups in total. The van der Waals surface area contributed by atoms with Crippen LogP contribution in [-0.2, 0) is 0 Å². The molecule has 1 nitrogen and oxygen atoms in total. The Bertz CT molecular complexity index is 128. The van der Waals surface area contributed by atoms with E-state index in [0.29, 0.717) is 5.41 Å². The minimum Gasteiger partial charge on any atom is -0.301 e. The van der Waals surface area contributed by atoms with Crippen molar-refractivity contribution in [3.8, 4) is 0 Å². The predicted octanol–water partition coefficient (Wildman–Crippen LogP) is 2.47. The van der Waals surface area contributed by atoms with Gasteiger partial charge < -0.3 is 4.90 Å². The number of hydrogen-bond donors (Lipinski definition) is 0. The average Bonchev–Trinajstić information content (AvgIpc) is 2.06. The molecule has 0 unspecified atom stereocenters. The number of hydrogen-bond acceptors (Lipinski definition) is 2. The van der Waals surface area contributed by atoms with E-state index in [1.807, 2.05) is 0 Å². The molecule has 12 heavy (non-hydrogen) atoms. The molecule has 1 aliphatic rings. The van der Waals surface area contributed by atoms with E-state index in [4.69, 9.17) is 0 Å². The lowest BCUT2D eigenvalue weighted by molar-refractivity contribution is 0.187. The monoisotopic (exact) mass is 187 g/mol. The van der Waals surface area contributed by atoms with Crippen molar-refractivity contribution in [1.82, 2.24) is 4.90 Å². The Morgan fingerprint density at radius 3 is 2.33 bits per heavy atom. The zero-order valence-electron chi connectivity index (χ0n) is 8.60. The first-order valence-corrected chi connectivity index (χ1v) is 6.09. The highest BCUT2D eigenvalue weighted by Crippen LogP contribution is 2.22. The van der Waals surface area contributed by atoms with E-state index in [-0.39, 0.29) is 0 Å². The van der Waals surface area contributed by atoms with Crippen molar-refractivity contribution in [2.45, 2.75) is 27.2 Å². The molecule has 0 aliphatic carbocycles. The van der Waals surface area contributed by atoms with Gasteiger partial charge in [0.2, 0.25) is 0 Å². The maximum atomic E-state index is 2.61. The van der Waals surface area contributed by atoms with Gasteiger partial charge in [0.1, 0.15) is 0 Å². The molecular weight excluding hydrogens is 166 g/mol. The largest absolute Gasteiger partial charge is 0.301 e. The van der Waals surface area contributed by atoms with Gasteiger partial charge in [0.05, 0.1) is 0 Å². The highest BCUT2D eigenvalue weighted by molar-refractivity contribution is 7.99. The summed E-state index contributed by atoms with van der Waals surface area (Å²) in [5, 5.41) is 0. The summed E-state index contributed by atoms with van der Waals surface area (Å²) in [4.78, 5) is 2.61. The third kappa shape index (κ3) is 3.36. The summed E-state index contributed by atoms with van der Waals surface area (Å²) in [5.41, 5.74) is 0.516. The molecule has 2 heteroatoms. The highest BCUT2D eigenvalue weighted by atomic mass is 32.2. The molecule has 1 heterocycles. The van der Waals surface area contributed by atoms with Crippen molar-refractivity contribution in [1.29, 1.82) is 0 Å². The van der Waals surface area contributed by atoms with E-state index < -0.39 is 0 Å². The van der Waals surface area contributed by atoms with Crippen molar-refractivity contribution in [3.05, 3.63) is 0 Å². The predicted molar refractivity (Wildman–Crippen MR) is 57.8 cm³/mol. The Morgan fingerprint density at radius 1 is 1.25 bits per heavy atom. The second kappa shape index (κ2) is 4.52. The van der Waals surface area contributed by atoms with Crippen LogP contribution < -0.4 is 0 Å².